The monoisotopic (exact) mass is 495 g/mol. The number of H-pyrrole nitrogens is 1. The molecule has 1 saturated heterocycles. The average Bonchev–Trinajstić information content (AvgIpc) is 3.62. The van der Waals surface area contributed by atoms with Crippen molar-refractivity contribution in [2.45, 2.75) is 32.0 Å². The molecule has 2 aromatic carbocycles. The summed E-state index contributed by atoms with van der Waals surface area (Å²) >= 11 is 5.77. The number of ether oxygens (including phenoxy) is 5. The van der Waals surface area contributed by atoms with Crippen molar-refractivity contribution >= 4 is 28.2 Å². The molecular weight excluding hydrogens is 470 g/mol. The lowest BCUT2D eigenvalue weighted by Crippen LogP contribution is -2.42. The van der Waals surface area contributed by atoms with Crippen LogP contribution in [0.3, 0.4) is 0 Å². The van der Waals surface area contributed by atoms with Gasteiger partial charge in [0.2, 0.25) is 13.6 Å². The first-order valence-corrected chi connectivity index (χ1v) is 12.0. The van der Waals surface area contributed by atoms with Gasteiger partial charge in [-0.2, -0.15) is 0 Å². The molecule has 3 aliphatic heterocycles. The number of nitrogens with zero attached hydrogens (tertiary/aromatic N) is 1. The lowest BCUT2D eigenvalue weighted by molar-refractivity contribution is 0.113. The summed E-state index contributed by atoms with van der Waals surface area (Å²) < 4.78 is 27.6. The Bertz CT molecular complexity index is 1340. The van der Waals surface area contributed by atoms with E-state index in [2.05, 4.69) is 10.3 Å². The molecule has 3 aromatic rings. The van der Waals surface area contributed by atoms with Crippen molar-refractivity contribution in [3.05, 3.63) is 57.9 Å². The van der Waals surface area contributed by atoms with E-state index in [4.69, 9.17) is 35.9 Å². The van der Waals surface area contributed by atoms with Gasteiger partial charge in [-0.25, -0.2) is 0 Å². The normalized spacial score (nSPS) is 17.7. The summed E-state index contributed by atoms with van der Waals surface area (Å²) in [6, 6.07) is 11.4. The van der Waals surface area contributed by atoms with Gasteiger partial charge in [-0.15, -0.1) is 0 Å². The van der Waals surface area contributed by atoms with Gasteiger partial charge in [0.05, 0.1) is 18.2 Å². The van der Waals surface area contributed by atoms with Crippen LogP contribution in [-0.4, -0.2) is 47.8 Å². The molecule has 35 heavy (non-hydrogen) atoms. The first-order valence-electron chi connectivity index (χ1n) is 11.6. The van der Waals surface area contributed by atoms with E-state index in [1.807, 2.05) is 35.2 Å². The SMILES string of the molecule is O=c1[nH]c2cc3c(cc2cc1CN(Cc1ccc2c(c1)OCO2)C(=S)NC[C@@H]1CCCO1)OCO3. The predicted molar refractivity (Wildman–Crippen MR) is 132 cm³/mol. The smallest absolute Gasteiger partial charge is 0.253 e. The molecule has 0 amide bonds. The molecule has 6 rings (SSSR count). The molecule has 2 N–H and O–H groups in total. The summed E-state index contributed by atoms with van der Waals surface area (Å²) in [5.74, 6) is 2.73. The second-order valence-corrected chi connectivity index (χ2v) is 9.17. The quantitative estimate of drug-likeness (QED) is 0.501. The van der Waals surface area contributed by atoms with Crippen molar-refractivity contribution in [2.24, 2.45) is 0 Å². The van der Waals surface area contributed by atoms with Gasteiger partial charge in [0.15, 0.2) is 28.1 Å². The van der Waals surface area contributed by atoms with Crippen molar-refractivity contribution in [1.82, 2.24) is 15.2 Å². The van der Waals surface area contributed by atoms with Gasteiger partial charge in [-0.3, -0.25) is 4.79 Å². The third-order valence-electron chi connectivity index (χ3n) is 6.38. The third kappa shape index (κ3) is 4.59. The van der Waals surface area contributed by atoms with Crippen molar-refractivity contribution in [2.75, 3.05) is 26.7 Å². The summed E-state index contributed by atoms with van der Waals surface area (Å²) in [5.41, 5.74) is 2.12. The van der Waals surface area contributed by atoms with E-state index in [0.29, 0.717) is 53.1 Å². The summed E-state index contributed by atoms with van der Waals surface area (Å²) in [6.07, 6.45) is 2.22. The highest BCUT2D eigenvalue weighted by atomic mass is 32.1. The number of pyridine rings is 1. The largest absolute Gasteiger partial charge is 0.454 e. The second kappa shape index (κ2) is 9.27. The fourth-order valence-corrected chi connectivity index (χ4v) is 4.75. The molecule has 1 fully saturated rings. The fraction of sp³-hybridized carbons (Fsp3) is 0.360. The Morgan fingerprint density at radius 3 is 2.57 bits per heavy atom. The summed E-state index contributed by atoms with van der Waals surface area (Å²) in [5, 5.41) is 4.76. The minimum absolute atomic E-state index is 0.147. The van der Waals surface area contributed by atoms with Gasteiger partial charge in [0.1, 0.15) is 0 Å². The van der Waals surface area contributed by atoms with Gasteiger partial charge in [-0.1, -0.05) is 6.07 Å². The predicted octanol–water partition coefficient (Wildman–Crippen LogP) is 3.04. The highest BCUT2D eigenvalue weighted by Crippen LogP contribution is 2.35. The summed E-state index contributed by atoms with van der Waals surface area (Å²) in [7, 11) is 0. The Morgan fingerprint density at radius 2 is 1.77 bits per heavy atom. The van der Waals surface area contributed by atoms with E-state index in [-0.39, 0.29) is 25.2 Å². The zero-order chi connectivity index (χ0) is 23.8. The van der Waals surface area contributed by atoms with Crippen molar-refractivity contribution < 1.29 is 23.7 Å². The number of aromatic nitrogens is 1. The van der Waals surface area contributed by atoms with Crippen LogP contribution in [0.25, 0.3) is 10.9 Å². The third-order valence-corrected chi connectivity index (χ3v) is 6.78. The van der Waals surface area contributed by atoms with Gasteiger partial charge < -0.3 is 38.9 Å². The van der Waals surface area contributed by atoms with Gasteiger partial charge >= 0.3 is 0 Å². The number of rotatable bonds is 6. The van der Waals surface area contributed by atoms with Crippen LogP contribution in [-0.2, 0) is 17.8 Å². The number of benzene rings is 2. The standard InChI is InChI=1S/C25H25N3O6S/c29-24-17(7-16-8-22-23(34-14-33-22)9-19(16)27-24)12-28(25(35)26-10-18-2-1-5-30-18)11-15-3-4-20-21(6-15)32-13-31-20/h3-4,6-9,18H,1-2,5,10-14H2,(H,26,35)(H,27,29)/t18-/m0/s1. The van der Waals surface area contributed by atoms with Crippen LogP contribution < -0.4 is 29.8 Å². The van der Waals surface area contributed by atoms with Crippen LogP contribution in [0.2, 0.25) is 0 Å². The minimum Gasteiger partial charge on any atom is -0.454 e. The molecule has 0 bridgehead atoms. The maximum Gasteiger partial charge on any atom is 0.253 e. The topological polar surface area (TPSA) is 94.3 Å². The highest BCUT2D eigenvalue weighted by Gasteiger charge is 2.21. The summed E-state index contributed by atoms with van der Waals surface area (Å²) in [6.45, 7) is 2.63. The highest BCUT2D eigenvalue weighted by molar-refractivity contribution is 7.80. The molecule has 1 atom stereocenters. The zero-order valence-electron chi connectivity index (χ0n) is 19.0. The van der Waals surface area contributed by atoms with Crippen LogP contribution in [0, 0.1) is 0 Å². The number of thiocarbonyl (C=S) groups is 1. The number of aromatic amines is 1. The van der Waals surface area contributed by atoms with E-state index < -0.39 is 0 Å². The van der Waals surface area contributed by atoms with Crippen LogP contribution in [0.1, 0.15) is 24.0 Å². The van der Waals surface area contributed by atoms with Crippen LogP contribution in [0.4, 0.5) is 0 Å². The molecule has 10 heteroatoms. The van der Waals surface area contributed by atoms with E-state index in [1.165, 1.54) is 0 Å². The fourth-order valence-electron chi connectivity index (χ4n) is 4.54. The minimum atomic E-state index is -0.172. The molecule has 182 valence electrons. The Hall–Kier alpha value is -3.50. The number of hydrogen-bond donors (Lipinski definition) is 2. The molecular formula is C25H25N3O6S. The first-order chi connectivity index (χ1) is 17.1. The number of nitrogens with one attached hydrogen (secondary N) is 2. The van der Waals surface area contributed by atoms with E-state index in [0.717, 1.165) is 36.1 Å². The molecule has 0 unspecified atom stereocenters. The Kier molecular flexibility index (Phi) is 5.83. The van der Waals surface area contributed by atoms with Gasteiger partial charge in [0.25, 0.3) is 5.56 Å². The molecule has 9 nitrogen and oxygen atoms in total. The lowest BCUT2D eigenvalue weighted by Gasteiger charge is -2.27. The van der Waals surface area contributed by atoms with Gasteiger partial charge in [0, 0.05) is 36.7 Å². The second-order valence-electron chi connectivity index (χ2n) is 8.78. The van der Waals surface area contributed by atoms with Crippen molar-refractivity contribution in [3.63, 3.8) is 0 Å². The van der Waals surface area contributed by atoms with Gasteiger partial charge in [-0.05, 0) is 54.9 Å². The van der Waals surface area contributed by atoms with Crippen LogP contribution in [0.5, 0.6) is 23.0 Å². The Balaban J connectivity index is 1.27. The van der Waals surface area contributed by atoms with Crippen molar-refractivity contribution in [1.29, 1.82) is 0 Å². The Labute approximate surface area is 206 Å². The van der Waals surface area contributed by atoms with Crippen LogP contribution in [0.15, 0.2) is 41.2 Å². The molecule has 4 heterocycles. The van der Waals surface area contributed by atoms with Crippen molar-refractivity contribution in [3.8, 4) is 23.0 Å². The Morgan fingerprint density at radius 1 is 1.00 bits per heavy atom. The number of fused-ring (bicyclic) bond motifs is 3. The van der Waals surface area contributed by atoms with Crippen LogP contribution >= 0.6 is 12.2 Å². The zero-order valence-corrected chi connectivity index (χ0v) is 19.8. The van der Waals surface area contributed by atoms with E-state index >= 15 is 0 Å². The molecule has 0 aliphatic carbocycles. The first kappa shape index (κ1) is 22.0. The maximum absolute atomic E-state index is 13.0. The van der Waals surface area contributed by atoms with E-state index in [9.17, 15) is 4.79 Å². The molecule has 0 saturated carbocycles. The number of hydrogen-bond acceptors (Lipinski definition) is 7. The maximum atomic E-state index is 13.0. The molecule has 1 aromatic heterocycles. The molecule has 0 radical (unpaired) electrons. The average molecular weight is 496 g/mol. The molecule has 0 spiro atoms. The lowest BCUT2D eigenvalue weighted by atomic mass is 10.1. The summed E-state index contributed by atoms with van der Waals surface area (Å²) in [4.78, 5) is 17.9. The van der Waals surface area contributed by atoms with E-state index in [1.54, 1.807) is 6.07 Å². The molecule has 3 aliphatic rings.